The summed E-state index contributed by atoms with van der Waals surface area (Å²) in [5.74, 6) is 5.77. The maximum Gasteiger partial charge on any atom is 0.0510 e. The molecule has 0 aliphatic carbocycles. The second kappa shape index (κ2) is 6.50. The molecule has 0 heterocycles. The molecule has 2 aromatic rings. The third-order valence-corrected chi connectivity index (χ3v) is 4.96. The van der Waals surface area contributed by atoms with Crippen molar-refractivity contribution in [1.82, 2.24) is 5.43 Å². The minimum absolute atomic E-state index is 0.146. The molecule has 0 bridgehead atoms. The molecule has 2 rings (SSSR count). The number of aryl methyl sites for hydroxylation is 2. The fourth-order valence-electron chi connectivity index (χ4n) is 2.26. The molecular formula is C16H19IN2. The number of nitrogens with one attached hydrogen (secondary N) is 1. The van der Waals surface area contributed by atoms with E-state index in [1.165, 1.54) is 25.8 Å². The van der Waals surface area contributed by atoms with Gasteiger partial charge in [0.05, 0.1) is 6.04 Å². The summed E-state index contributed by atoms with van der Waals surface area (Å²) in [5.41, 5.74) is 8.17. The van der Waals surface area contributed by atoms with Crippen LogP contribution in [0.1, 0.15) is 28.3 Å². The second-order valence-corrected chi connectivity index (χ2v) is 5.91. The number of rotatable bonds is 4. The van der Waals surface area contributed by atoms with Crippen molar-refractivity contribution in [2.75, 3.05) is 0 Å². The lowest BCUT2D eigenvalue weighted by Gasteiger charge is -2.20. The van der Waals surface area contributed by atoms with E-state index in [2.05, 4.69) is 84.3 Å². The highest BCUT2D eigenvalue weighted by Crippen LogP contribution is 2.26. The van der Waals surface area contributed by atoms with Gasteiger partial charge in [0.15, 0.2) is 0 Å². The van der Waals surface area contributed by atoms with E-state index in [-0.39, 0.29) is 6.04 Å². The Morgan fingerprint density at radius 1 is 1.05 bits per heavy atom. The summed E-state index contributed by atoms with van der Waals surface area (Å²) < 4.78 is 1.29. The van der Waals surface area contributed by atoms with Crippen molar-refractivity contribution in [3.8, 4) is 0 Å². The molecule has 0 amide bonds. The zero-order valence-corrected chi connectivity index (χ0v) is 13.4. The second-order valence-electron chi connectivity index (χ2n) is 4.83. The molecule has 0 saturated carbocycles. The number of benzene rings is 2. The highest BCUT2D eigenvalue weighted by molar-refractivity contribution is 14.1. The molecule has 2 aromatic carbocycles. The average molecular weight is 366 g/mol. The molecule has 3 heteroatoms. The van der Waals surface area contributed by atoms with Crippen LogP contribution in [0, 0.1) is 17.4 Å². The fraction of sp³-hybridized carbons (Fsp3) is 0.250. The standard InChI is InChI=1S/C16H19IN2/c1-11-6-3-4-8-13(11)10-15(19-18)14-9-5-7-12(2)16(14)17/h3-9,15,19H,10,18H2,1-2H3. The van der Waals surface area contributed by atoms with Gasteiger partial charge in [0, 0.05) is 3.57 Å². The summed E-state index contributed by atoms with van der Waals surface area (Å²) in [7, 11) is 0. The van der Waals surface area contributed by atoms with Crippen molar-refractivity contribution in [3.63, 3.8) is 0 Å². The molecule has 1 unspecified atom stereocenters. The molecule has 0 radical (unpaired) electrons. The molecule has 2 nitrogen and oxygen atoms in total. The van der Waals surface area contributed by atoms with Crippen molar-refractivity contribution in [3.05, 3.63) is 68.3 Å². The summed E-state index contributed by atoms with van der Waals surface area (Å²) in [6.07, 6.45) is 0.905. The summed E-state index contributed by atoms with van der Waals surface area (Å²) in [6, 6.07) is 15.0. The van der Waals surface area contributed by atoms with E-state index in [0.717, 1.165) is 6.42 Å². The van der Waals surface area contributed by atoms with E-state index in [4.69, 9.17) is 5.84 Å². The number of halogens is 1. The molecule has 19 heavy (non-hydrogen) atoms. The quantitative estimate of drug-likeness (QED) is 0.493. The lowest BCUT2D eigenvalue weighted by atomic mass is 9.96. The predicted molar refractivity (Wildman–Crippen MR) is 88.8 cm³/mol. The number of nitrogens with two attached hydrogens (primary N) is 1. The van der Waals surface area contributed by atoms with Crippen LogP contribution < -0.4 is 11.3 Å². The highest BCUT2D eigenvalue weighted by Gasteiger charge is 2.15. The van der Waals surface area contributed by atoms with Crippen LogP contribution in [0.5, 0.6) is 0 Å². The Bertz CT molecular complexity index is 566. The lowest BCUT2D eigenvalue weighted by Crippen LogP contribution is -2.30. The minimum atomic E-state index is 0.146. The summed E-state index contributed by atoms with van der Waals surface area (Å²) in [4.78, 5) is 0. The third kappa shape index (κ3) is 3.35. The summed E-state index contributed by atoms with van der Waals surface area (Å²) in [6.45, 7) is 4.27. The van der Waals surface area contributed by atoms with Crippen molar-refractivity contribution in [2.45, 2.75) is 26.3 Å². The molecule has 0 saturated heterocycles. The molecule has 0 aliphatic rings. The van der Waals surface area contributed by atoms with Crippen LogP contribution in [-0.4, -0.2) is 0 Å². The first-order valence-electron chi connectivity index (χ1n) is 6.39. The predicted octanol–water partition coefficient (Wildman–Crippen LogP) is 3.66. The monoisotopic (exact) mass is 366 g/mol. The smallest absolute Gasteiger partial charge is 0.0510 e. The SMILES string of the molecule is Cc1ccccc1CC(NN)c1cccc(C)c1I. The van der Waals surface area contributed by atoms with Crippen LogP contribution in [0.4, 0.5) is 0 Å². The van der Waals surface area contributed by atoms with Gasteiger partial charge in [-0.3, -0.25) is 11.3 Å². The van der Waals surface area contributed by atoms with Crippen molar-refractivity contribution < 1.29 is 0 Å². The maximum absolute atomic E-state index is 5.77. The maximum atomic E-state index is 5.77. The molecular weight excluding hydrogens is 347 g/mol. The fourth-order valence-corrected chi connectivity index (χ4v) is 2.99. The van der Waals surface area contributed by atoms with Crippen LogP contribution in [0.2, 0.25) is 0 Å². The van der Waals surface area contributed by atoms with Gasteiger partial charge in [-0.1, -0.05) is 42.5 Å². The van der Waals surface area contributed by atoms with E-state index in [9.17, 15) is 0 Å². The van der Waals surface area contributed by atoms with Crippen LogP contribution in [-0.2, 0) is 6.42 Å². The summed E-state index contributed by atoms with van der Waals surface area (Å²) in [5, 5.41) is 0. The number of hydrazine groups is 1. The molecule has 0 aromatic heterocycles. The van der Waals surface area contributed by atoms with E-state index >= 15 is 0 Å². The zero-order chi connectivity index (χ0) is 13.8. The van der Waals surface area contributed by atoms with Gasteiger partial charge in [0.25, 0.3) is 0 Å². The van der Waals surface area contributed by atoms with Crippen LogP contribution in [0.3, 0.4) is 0 Å². The lowest BCUT2D eigenvalue weighted by molar-refractivity contribution is 0.548. The van der Waals surface area contributed by atoms with Gasteiger partial charge in [0.1, 0.15) is 0 Å². The van der Waals surface area contributed by atoms with E-state index in [0.29, 0.717) is 0 Å². The molecule has 3 N–H and O–H groups in total. The van der Waals surface area contributed by atoms with Crippen molar-refractivity contribution >= 4 is 22.6 Å². The Hall–Kier alpha value is -0.910. The molecule has 0 fully saturated rings. The highest BCUT2D eigenvalue weighted by atomic mass is 127. The van der Waals surface area contributed by atoms with Gasteiger partial charge >= 0.3 is 0 Å². The number of hydrogen-bond donors (Lipinski definition) is 2. The minimum Gasteiger partial charge on any atom is -0.271 e. The van der Waals surface area contributed by atoms with E-state index in [1.54, 1.807) is 0 Å². The van der Waals surface area contributed by atoms with Crippen LogP contribution >= 0.6 is 22.6 Å². The first-order valence-corrected chi connectivity index (χ1v) is 7.47. The molecule has 1 atom stereocenters. The Morgan fingerprint density at radius 2 is 1.74 bits per heavy atom. The Kier molecular flexibility index (Phi) is 4.96. The first kappa shape index (κ1) is 14.5. The van der Waals surface area contributed by atoms with E-state index < -0.39 is 0 Å². The first-order chi connectivity index (χ1) is 9.13. The largest absolute Gasteiger partial charge is 0.271 e. The van der Waals surface area contributed by atoms with Gasteiger partial charge in [-0.25, -0.2) is 0 Å². The molecule has 100 valence electrons. The van der Waals surface area contributed by atoms with Gasteiger partial charge in [-0.05, 0) is 65.1 Å². The number of hydrogen-bond acceptors (Lipinski definition) is 2. The third-order valence-electron chi connectivity index (χ3n) is 3.48. The average Bonchev–Trinajstić information content (AvgIpc) is 2.41. The van der Waals surface area contributed by atoms with Crippen molar-refractivity contribution in [1.29, 1.82) is 0 Å². The molecule has 0 aliphatic heterocycles. The topological polar surface area (TPSA) is 38.0 Å². The van der Waals surface area contributed by atoms with Gasteiger partial charge in [0.2, 0.25) is 0 Å². The normalized spacial score (nSPS) is 12.4. The van der Waals surface area contributed by atoms with Gasteiger partial charge < -0.3 is 0 Å². The zero-order valence-electron chi connectivity index (χ0n) is 11.3. The Balaban J connectivity index is 2.31. The summed E-state index contributed by atoms with van der Waals surface area (Å²) >= 11 is 2.40. The van der Waals surface area contributed by atoms with Crippen molar-refractivity contribution in [2.24, 2.45) is 5.84 Å². The van der Waals surface area contributed by atoms with Crippen LogP contribution in [0.25, 0.3) is 0 Å². The van der Waals surface area contributed by atoms with Gasteiger partial charge in [-0.15, -0.1) is 0 Å². The Labute approximate surface area is 128 Å². The van der Waals surface area contributed by atoms with Crippen LogP contribution in [0.15, 0.2) is 42.5 Å². The van der Waals surface area contributed by atoms with E-state index in [1.807, 2.05) is 0 Å². The Morgan fingerprint density at radius 3 is 2.42 bits per heavy atom. The molecule has 0 spiro atoms. The van der Waals surface area contributed by atoms with Gasteiger partial charge in [-0.2, -0.15) is 0 Å².